The van der Waals surface area contributed by atoms with Crippen molar-refractivity contribution in [3.05, 3.63) is 104 Å². The fourth-order valence-electron chi connectivity index (χ4n) is 4.96. The number of nitrogens with one attached hydrogen (secondary N) is 2. The van der Waals surface area contributed by atoms with Crippen molar-refractivity contribution in [1.29, 1.82) is 0 Å². The normalized spacial score (nSPS) is 17.9. The Hall–Kier alpha value is -2.46. The lowest BCUT2D eigenvalue weighted by Crippen LogP contribution is -2.48. The number of amides is 2. The molecule has 3 aromatic carbocycles. The average Bonchev–Trinajstić information content (AvgIpc) is 3.08. The summed E-state index contributed by atoms with van der Waals surface area (Å²) in [5.74, 6) is 0.0467. The molecule has 2 atom stereocenters. The summed E-state index contributed by atoms with van der Waals surface area (Å²) in [6.07, 6.45) is 2.10. The lowest BCUT2D eigenvalue weighted by Gasteiger charge is -2.29. The van der Waals surface area contributed by atoms with Crippen LogP contribution in [0.3, 0.4) is 0 Å². The van der Waals surface area contributed by atoms with Crippen molar-refractivity contribution in [1.82, 2.24) is 15.5 Å². The quantitative estimate of drug-likeness (QED) is 0.277. The molecule has 3 aromatic rings. The number of carbonyl (C=O) groups is 2. The summed E-state index contributed by atoms with van der Waals surface area (Å²) < 4.78 is 0.842. The van der Waals surface area contributed by atoms with Crippen LogP contribution in [-0.4, -0.2) is 55.0 Å². The van der Waals surface area contributed by atoms with Gasteiger partial charge in [0.25, 0.3) is 5.91 Å². The van der Waals surface area contributed by atoms with Crippen molar-refractivity contribution >= 4 is 46.0 Å². The first-order valence-electron chi connectivity index (χ1n) is 13.0. The van der Waals surface area contributed by atoms with Crippen LogP contribution < -0.4 is 16.4 Å². The maximum Gasteiger partial charge on any atom is 0.251 e. The zero-order valence-electron chi connectivity index (χ0n) is 21.3. The molecule has 1 fully saturated rings. The first-order chi connectivity index (χ1) is 18.5. The number of hydrogen-bond acceptors (Lipinski definition) is 4. The van der Waals surface area contributed by atoms with Crippen LogP contribution in [-0.2, 0) is 4.79 Å². The molecule has 1 heterocycles. The standard InChI is InChI=1S/C30H34ClIN4O2/c31-26-12-11-23(19-27(26)32)29(37)34-17-14-24-15-18-36(30(38)28(35-24)13-16-33)20-25(21-7-3-1-4-8-21)22-9-5-2-6-10-22/h1-12,19,24-25,28,35H,13-18,20,33H2,(H,34,37)/t24-,28+/m1/s1. The Morgan fingerprint density at radius 3 is 2.32 bits per heavy atom. The van der Waals surface area contributed by atoms with E-state index in [0.717, 1.165) is 16.4 Å². The van der Waals surface area contributed by atoms with Crippen LogP contribution in [0.4, 0.5) is 0 Å². The fraction of sp³-hybridized carbons (Fsp3) is 0.333. The third kappa shape index (κ3) is 7.56. The molecular weight excluding hydrogens is 611 g/mol. The molecule has 0 spiro atoms. The molecule has 1 aliphatic rings. The summed E-state index contributed by atoms with van der Waals surface area (Å²) in [6, 6.07) is 25.7. The van der Waals surface area contributed by atoms with E-state index in [2.05, 4.69) is 57.5 Å². The fourth-order valence-corrected chi connectivity index (χ4v) is 5.59. The average molecular weight is 645 g/mol. The SMILES string of the molecule is NCC[C@@H]1N[C@H](CCNC(=O)c2ccc(Cl)c(I)c2)CCN(CC(c2ccccc2)c2ccccc2)C1=O. The minimum absolute atomic E-state index is 0.0814. The number of halogens is 2. The summed E-state index contributed by atoms with van der Waals surface area (Å²) in [5, 5.41) is 7.18. The van der Waals surface area contributed by atoms with Gasteiger partial charge >= 0.3 is 0 Å². The molecule has 1 aliphatic heterocycles. The van der Waals surface area contributed by atoms with Crippen LogP contribution in [0.15, 0.2) is 78.9 Å². The molecule has 0 saturated carbocycles. The van der Waals surface area contributed by atoms with Crippen molar-refractivity contribution in [3.63, 3.8) is 0 Å². The van der Waals surface area contributed by atoms with Crippen LogP contribution in [0, 0.1) is 3.57 Å². The molecule has 4 rings (SSSR count). The Morgan fingerprint density at radius 1 is 1.05 bits per heavy atom. The van der Waals surface area contributed by atoms with Gasteiger partial charge in [-0.05, 0) is 77.7 Å². The Morgan fingerprint density at radius 2 is 1.71 bits per heavy atom. The lowest BCUT2D eigenvalue weighted by atomic mass is 9.90. The zero-order valence-corrected chi connectivity index (χ0v) is 24.2. The zero-order chi connectivity index (χ0) is 26.9. The number of nitrogens with zero attached hydrogens (tertiary/aromatic N) is 1. The number of hydrogen-bond donors (Lipinski definition) is 3. The maximum absolute atomic E-state index is 13.6. The predicted octanol–water partition coefficient (Wildman–Crippen LogP) is 4.80. The van der Waals surface area contributed by atoms with Crippen LogP contribution in [0.5, 0.6) is 0 Å². The van der Waals surface area contributed by atoms with Crippen LogP contribution >= 0.6 is 34.2 Å². The van der Waals surface area contributed by atoms with Crippen LogP contribution in [0.1, 0.15) is 46.7 Å². The highest BCUT2D eigenvalue weighted by Gasteiger charge is 2.32. The molecule has 200 valence electrons. The minimum Gasteiger partial charge on any atom is -0.352 e. The molecule has 0 bridgehead atoms. The van der Waals surface area contributed by atoms with E-state index in [4.69, 9.17) is 17.3 Å². The molecule has 0 radical (unpaired) electrons. The summed E-state index contributed by atoms with van der Waals surface area (Å²) in [4.78, 5) is 28.2. The minimum atomic E-state index is -0.340. The molecule has 38 heavy (non-hydrogen) atoms. The van der Waals surface area contributed by atoms with Gasteiger partial charge in [-0.1, -0.05) is 72.3 Å². The van der Waals surface area contributed by atoms with E-state index in [9.17, 15) is 9.59 Å². The smallest absolute Gasteiger partial charge is 0.251 e. The number of nitrogens with two attached hydrogens (primary N) is 1. The second-order valence-corrected chi connectivity index (χ2v) is 11.2. The third-order valence-corrected chi connectivity index (χ3v) is 8.56. The van der Waals surface area contributed by atoms with Gasteiger partial charge in [0.1, 0.15) is 0 Å². The second kappa shape index (κ2) is 14.1. The third-order valence-electron chi connectivity index (χ3n) is 7.02. The molecular formula is C30H34ClIN4O2. The van der Waals surface area contributed by atoms with Gasteiger partial charge < -0.3 is 21.3 Å². The van der Waals surface area contributed by atoms with Gasteiger partial charge in [0.2, 0.25) is 5.91 Å². The summed E-state index contributed by atoms with van der Waals surface area (Å²) >= 11 is 8.20. The van der Waals surface area contributed by atoms with Gasteiger partial charge in [-0.3, -0.25) is 9.59 Å². The Labute approximate surface area is 243 Å². The van der Waals surface area contributed by atoms with Gasteiger partial charge in [-0.25, -0.2) is 0 Å². The van der Waals surface area contributed by atoms with E-state index >= 15 is 0 Å². The van der Waals surface area contributed by atoms with Gasteiger partial charge in [-0.2, -0.15) is 0 Å². The van der Waals surface area contributed by atoms with Crippen molar-refractivity contribution < 1.29 is 9.59 Å². The van der Waals surface area contributed by atoms with E-state index in [-0.39, 0.29) is 29.8 Å². The predicted molar refractivity (Wildman–Crippen MR) is 161 cm³/mol. The molecule has 8 heteroatoms. The highest BCUT2D eigenvalue weighted by Crippen LogP contribution is 2.27. The molecule has 0 unspecified atom stereocenters. The van der Waals surface area contributed by atoms with Crippen molar-refractivity contribution in [2.75, 3.05) is 26.2 Å². The number of rotatable bonds is 10. The molecule has 4 N–H and O–H groups in total. The molecule has 1 saturated heterocycles. The Kier molecular flexibility index (Phi) is 10.6. The van der Waals surface area contributed by atoms with E-state index < -0.39 is 0 Å². The summed E-state index contributed by atoms with van der Waals surface area (Å²) in [7, 11) is 0. The highest BCUT2D eigenvalue weighted by atomic mass is 127. The van der Waals surface area contributed by atoms with E-state index in [0.29, 0.717) is 43.2 Å². The van der Waals surface area contributed by atoms with Gasteiger partial charge in [0, 0.05) is 40.7 Å². The Bertz CT molecular complexity index is 1170. The molecule has 0 aliphatic carbocycles. The highest BCUT2D eigenvalue weighted by molar-refractivity contribution is 14.1. The number of carbonyl (C=O) groups excluding carboxylic acids is 2. The topological polar surface area (TPSA) is 87.5 Å². The first kappa shape index (κ1) is 28.5. The van der Waals surface area contributed by atoms with Gasteiger partial charge in [0.05, 0.1) is 11.1 Å². The second-order valence-electron chi connectivity index (χ2n) is 9.61. The molecule has 6 nitrogen and oxygen atoms in total. The number of benzene rings is 3. The summed E-state index contributed by atoms with van der Waals surface area (Å²) in [5.41, 5.74) is 8.86. The largest absolute Gasteiger partial charge is 0.352 e. The Balaban J connectivity index is 1.42. The monoisotopic (exact) mass is 644 g/mol. The molecule has 0 aromatic heterocycles. The van der Waals surface area contributed by atoms with Crippen molar-refractivity contribution in [2.45, 2.75) is 37.3 Å². The van der Waals surface area contributed by atoms with E-state index in [1.54, 1.807) is 18.2 Å². The van der Waals surface area contributed by atoms with E-state index in [1.807, 2.05) is 41.3 Å². The van der Waals surface area contributed by atoms with Crippen LogP contribution in [0.2, 0.25) is 5.02 Å². The maximum atomic E-state index is 13.6. The van der Waals surface area contributed by atoms with Crippen molar-refractivity contribution in [2.24, 2.45) is 5.73 Å². The summed E-state index contributed by atoms with van der Waals surface area (Å²) in [6.45, 7) is 2.19. The van der Waals surface area contributed by atoms with Crippen LogP contribution in [0.25, 0.3) is 0 Å². The van der Waals surface area contributed by atoms with Crippen molar-refractivity contribution in [3.8, 4) is 0 Å². The first-order valence-corrected chi connectivity index (χ1v) is 14.5. The van der Waals surface area contributed by atoms with E-state index in [1.165, 1.54) is 11.1 Å². The van der Waals surface area contributed by atoms with Gasteiger partial charge in [-0.15, -0.1) is 0 Å². The van der Waals surface area contributed by atoms with Gasteiger partial charge in [0.15, 0.2) is 0 Å². The molecule has 2 amide bonds. The lowest BCUT2D eigenvalue weighted by molar-refractivity contribution is -0.133.